The number of halogens is 2. The van der Waals surface area contributed by atoms with Crippen molar-refractivity contribution in [3.8, 4) is 0 Å². The fraction of sp³-hybridized carbons (Fsp3) is 0.480. The highest BCUT2D eigenvalue weighted by Crippen LogP contribution is 2.48. The van der Waals surface area contributed by atoms with Gasteiger partial charge in [-0.2, -0.15) is 0 Å². The van der Waals surface area contributed by atoms with Gasteiger partial charge in [0.25, 0.3) is 0 Å². The van der Waals surface area contributed by atoms with E-state index in [-0.39, 0.29) is 29.6 Å². The van der Waals surface area contributed by atoms with Gasteiger partial charge in [0.2, 0.25) is 0 Å². The summed E-state index contributed by atoms with van der Waals surface area (Å²) < 4.78 is 27.6. The Morgan fingerprint density at radius 2 is 1.75 bits per heavy atom. The van der Waals surface area contributed by atoms with Gasteiger partial charge in [0.05, 0.1) is 0 Å². The predicted molar refractivity (Wildman–Crippen MR) is 121 cm³/mol. The van der Waals surface area contributed by atoms with Crippen molar-refractivity contribution in [1.82, 2.24) is 15.1 Å². The Bertz CT molecular complexity index is 967. The minimum atomic E-state index is -0.249. The first-order chi connectivity index (χ1) is 15.6. The van der Waals surface area contributed by atoms with E-state index >= 15 is 0 Å². The number of nitrogens with one attached hydrogen (secondary N) is 1. The molecular formula is C25H30F2N4O. The Labute approximate surface area is 188 Å². The number of urea groups is 1. The van der Waals surface area contributed by atoms with Crippen LogP contribution in [0.15, 0.2) is 42.5 Å². The molecule has 0 unspecified atom stereocenters. The molecule has 0 saturated carbocycles. The van der Waals surface area contributed by atoms with Gasteiger partial charge in [0, 0.05) is 56.1 Å². The normalized spacial score (nSPS) is 23.1. The van der Waals surface area contributed by atoms with Crippen molar-refractivity contribution in [2.45, 2.75) is 37.6 Å². The fourth-order valence-electron chi connectivity index (χ4n) is 5.51. The number of nitrogens with zero attached hydrogens (tertiary/aromatic N) is 3. The number of piperidine rings is 1. The van der Waals surface area contributed by atoms with Gasteiger partial charge in [-0.3, -0.25) is 0 Å². The second-order valence-electron chi connectivity index (χ2n) is 9.09. The zero-order valence-electron chi connectivity index (χ0n) is 18.3. The molecule has 3 aliphatic rings. The molecule has 2 saturated heterocycles. The van der Waals surface area contributed by atoms with E-state index in [2.05, 4.69) is 15.1 Å². The highest BCUT2D eigenvalue weighted by Gasteiger charge is 2.42. The molecule has 0 aromatic heterocycles. The molecule has 32 heavy (non-hydrogen) atoms. The summed E-state index contributed by atoms with van der Waals surface area (Å²) in [6.45, 7) is 5.30. The first-order valence-corrected chi connectivity index (χ1v) is 11.7. The van der Waals surface area contributed by atoms with E-state index in [0.29, 0.717) is 0 Å². The third kappa shape index (κ3) is 4.18. The Balaban J connectivity index is 1.24. The minimum absolute atomic E-state index is 0.0579. The maximum Gasteiger partial charge on any atom is 0.317 e. The average Bonchev–Trinajstić information content (AvgIpc) is 3.11. The molecule has 1 N–H and O–H groups in total. The quantitative estimate of drug-likeness (QED) is 0.674. The van der Waals surface area contributed by atoms with Crippen molar-refractivity contribution in [1.29, 1.82) is 0 Å². The number of carbonyl (C=O) groups is 1. The van der Waals surface area contributed by atoms with E-state index in [4.69, 9.17) is 0 Å². The van der Waals surface area contributed by atoms with Crippen LogP contribution in [-0.2, 0) is 0 Å². The smallest absolute Gasteiger partial charge is 0.317 e. The summed E-state index contributed by atoms with van der Waals surface area (Å²) >= 11 is 0. The van der Waals surface area contributed by atoms with Crippen LogP contribution in [0.5, 0.6) is 0 Å². The van der Waals surface area contributed by atoms with Gasteiger partial charge in [-0.15, -0.1) is 0 Å². The molecular weight excluding hydrogens is 410 g/mol. The third-order valence-electron chi connectivity index (χ3n) is 7.07. The lowest BCUT2D eigenvalue weighted by molar-refractivity contribution is 0.176. The highest BCUT2D eigenvalue weighted by atomic mass is 19.1. The molecule has 3 heterocycles. The van der Waals surface area contributed by atoms with Crippen LogP contribution < -0.4 is 10.2 Å². The molecule has 2 fully saturated rings. The van der Waals surface area contributed by atoms with E-state index in [1.54, 1.807) is 6.07 Å². The Hall–Kier alpha value is -2.67. The van der Waals surface area contributed by atoms with E-state index in [1.807, 2.05) is 23.1 Å². The van der Waals surface area contributed by atoms with Crippen LogP contribution in [0.3, 0.4) is 0 Å². The SMILES string of the molecule is O=C1NCCCN1CCCCN1CC[C@@H]2[C@@H](C1)c1cc(F)ccc1N2c1ccc(F)cc1. The van der Waals surface area contributed by atoms with Gasteiger partial charge < -0.3 is 20.0 Å². The zero-order valence-corrected chi connectivity index (χ0v) is 18.3. The Kier molecular flexibility index (Phi) is 6.00. The van der Waals surface area contributed by atoms with Crippen LogP contribution in [0, 0.1) is 11.6 Å². The summed E-state index contributed by atoms with van der Waals surface area (Å²) in [6.07, 6.45) is 4.03. The number of hydrogen-bond donors (Lipinski definition) is 1. The van der Waals surface area contributed by atoms with Crippen molar-refractivity contribution in [3.05, 3.63) is 59.7 Å². The maximum absolute atomic E-state index is 14.1. The van der Waals surface area contributed by atoms with Crippen LogP contribution in [0.2, 0.25) is 0 Å². The monoisotopic (exact) mass is 440 g/mol. The topological polar surface area (TPSA) is 38.8 Å². The summed E-state index contributed by atoms with van der Waals surface area (Å²) in [5, 5.41) is 2.90. The van der Waals surface area contributed by atoms with Crippen LogP contribution in [0.4, 0.5) is 25.0 Å². The van der Waals surface area contributed by atoms with Gasteiger partial charge in [0.1, 0.15) is 11.6 Å². The fourth-order valence-corrected chi connectivity index (χ4v) is 5.51. The summed E-state index contributed by atoms with van der Waals surface area (Å²) in [4.78, 5) is 18.5. The van der Waals surface area contributed by atoms with E-state index in [0.717, 1.165) is 81.9 Å². The molecule has 5 rings (SSSR count). The molecule has 2 amide bonds. The molecule has 0 spiro atoms. The first kappa shape index (κ1) is 21.2. The molecule has 2 aromatic carbocycles. The zero-order chi connectivity index (χ0) is 22.1. The van der Waals surface area contributed by atoms with Crippen LogP contribution >= 0.6 is 0 Å². The maximum atomic E-state index is 14.1. The molecule has 0 bridgehead atoms. The summed E-state index contributed by atoms with van der Waals surface area (Å²) in [6, 6.07) is 12.0. The lowest BCUT2D eigenvalue weighted by Crippen LogP contribution is -2.47. The molecule has 0 radical (unpaired) electrons. The summed E-state index contributed by atoms with van der Waals surface area (Å²) in [5.74, 6) is -0.228. The van der Waals surface area contributed by atoms with Crippen molar-refractivity contribution in [3.63, 3.8) is 0 Å². The second-order valence-corrected chi connectivity index (χ2v) is 9.09. The number of hydrogen-bond acceptors (Lipinski definition) is 3. The van der Waals surface area contributed by atoms with Gasteiger partial charge in [0.15, 0.2) is 0 Å². The number of rotatable bonds is 6. The number of benzene rings is 2. The largest absolute Gasteiger partial charge is 0.338 e. The average molecular weight is 441 g/mol. The molecule has 5 nitrogen and oxygen atoms in total. The van der Waals surface area contributed by atoms with Crippen LogP contribution in [0.1, 0.15) is 37.2 Å². The summed E-state index contributed by atoms with van der Waals surface area (Å²) in [7, 11) is 0. The Morgan fingerprint density at radius 1 is 0.969 bits per heavy atom. The molecule has 170 valence electrons. The lowest BCUT2D eigenvalue weighted by atomic mass is 9.89. The Morgan fingerprint density at radius 3 is 2.56 bits per heavy atom. The number of unbranched alkanes of at least 4 members (excludes halogenated alkanes) is 1. The minimum Gasteiger partial charge on any atom is -0.338 e. The van der Waals surface area contributed by atoms with E-state index in [9.17, 15) is 13.6 Å². The third-order valence-corrected chi connectivity index (χ3v) is 7.07. The molecule has 2 atom stereocenters. The molecule has 2 aromatic rings. The van der Waals surface area contributed by atoms with Crippen LogP contribution in [-0.4, -0.2) is 61.1 Å². The number of anilines is 2. The van der Waals surface area contributed by atoms with Gasteiger partial charge in [-0.1, -0.05) is 0 Å². The number of amides is 2. The number of fused-ring (bicyclic) bond motifs is 3. The first-order valence-electron chi connectivity index (χ1n) is 11.7. The molecule has 7 heteroatoms. The second kappa shape index (κ2) is 9.06. The van der Waals surface area contributed by atoms with Crippen molar-refractivity contribution in [2.24, 2.45) is 0 Å². The van der Waals surface area contributed by atoms with Crippen LogP contribution in [0.25, 0.3) is 0 Å². The van der Waals surface area contributed by atoms with E-state index < -0.39 is 0 Å². The molecule has 0 aliphatic carbocycles. The van der Waals surface area contributed by atoms with Gasteiger partial charge in [-0.25, -0.2) is 13.6 Å². The number of likely N-dealkylation sites (tertiary alicyclic amines) is 1. The lowest BCUT2D eigenvalue weighted by Gasteiger charge is -2.39. The predicted octanol–water partition coefficient (Wildman–Crippen LogP) is 4.47. The van der Waals surface area contributed by atoms with Crippen molar-refractivity contribution >= 4 is 17.4 Å². The molecule has 3 aliphatic heterocycles. The van der Waals surface area contributed by atoms with Gasteiger partial charge >= 0.3 is 6.03 Å². The number of carbonyl (C=O) groups excluding carboxylic acids is 1. The van der Waals surface area contributed by atoms with Crippen molar-refractivity contribution < 1.29 is 13.6 Å². The van der Waals surface area contributed by atoms with E-state index in [1.165, 1.54) is 18.2 Å². The highest BCUT2D eigenvalue weighted by molar-refractivity contribution is 5.75. The summed E-state index contributed by atoms with van der Waals surface area (Å²) in [5.41, 5.74) is 3.04. The van der Waals surface area contributed by atoms with Gasteiger partial charge in [-0.05, 0) is 80.3 Å². The van der Waals surface area contributed by atoms with Crippen molar-refractivity contribution in [2.75, 3.05) is 44.2 Å². The standard InChI is InChI=1S/C25H30F2N4O/c26-18-4-7-20(8-5-18)31-23-9-6-19(27)16-21(23)22-17-29(15-10-24(22)31)12-1-2-13-30-14-3-11-28-25(30)32/h4-9,16,22,24H,1-3,10-15,17H2,(H,28,32)/t22-,24+/m0/s1.